The molecule has 0 saturated carbocycles. The summed E-state index contributed by atoms with van der Waals surface area (Å²) >= 11 is 5.24. The number of thiocarbonyl (C=S) groups is 1. The molecule has 1 aliphatic rings. The standard InChI is InChI=1S/C14H20N4O2S/c1-11(16-17-14(21)18-6-3-7-18)13-10-12(4-5-15-13)20-9-8-19-2/h4-5,10H,3,6-9H2,1-2H3,(H,17,21)/b16-11+. The van der Waals surface area contributed by atoms with Crippen LogP contribution < -0.4 is 10.2 Å². The van der Waals surface area contributed by atoms with E-state index in [4.69, 9.17) is 21.7 Å². The Balaban J connectivity index is 1.92. The van der Waals surface area contributed by atoms with E-state index >= 15 is 0 Å². The van der Waals surface area contributed by atoms with Gasteiger partial charge >= 0.3 is 0 Å². The maximum atomic E-state index is 5.55. The highest BCUT2D eigenvalue weighted by molar-refractivity contribution is 7.80. The van der Waals surface area contributed by atoms with Gasteiger partial charge in [0.1, 0.15) is 12.4 Å². The van der Waals surface area contributed by atoms with Gasteiger partial charge in [0, 0.05) is 32.5 Å². The van der Waals surface area contributed by atoms with Crippen molar-refractivity contribution in [2.45, 2.75) is 13.3 Å². The smallest absolute Gasteiger partial charge is 0.189 e. The van der Waals surface area contributed by atoms with E-state index in [0.29, 0.717) is 18.3 Å². The molecule has 0 aromatic carbocycles. The lowest BCUT2D eigenvalue weighted by Crippen LogP contribution is -2.46. The van der Waals surface area contributed by atoms with Crippen molar-refractivity contribution in [1.82, 2.24) is 15.3 Å². The molecule has 1 aliphatic heterocycles. The lowest BCUT2D eigenvalue weighted by atomic mass is 10.2. The van der Waals surface area contributed by atoms with Crippen LogP contribution in [-0.2, 0) is 4.74 Å². The van der Waals surface area contributed by atoms with E-state index in [9.17, 15) is 0 Å². The zero-order valence-electron chi connectivity index (χ0n) is 12.3. The molecule has 0 aliphatic carbocycles. The van der Waals surface area contributed by atoms with Crippen molar-refractivity contribution >= 4 is 23.0 Å². The number of pyridine rings is 1. The second-order valence-electron chi connectivity index (χ2n) is 4.67. The molecule has 0 amide bonds. The number of aromatic nitrogens is 1. The third-order valence-electron chi connectivity index (χ3n) is 3.12. The highest BCUT2D eigenvalue weighted by atomic mass is 32.1. The SMILES string of the molecule is COCCOc1ccnc(/C(C)=N/NC(=S)N2CCC2)c1. The summed E-state index contributed by atoms with van der Waals surface area (Å²) in [5.41, 5.74) is 4.41. The molecule has 1 aromatic rings. The maximum Gasteiger partial charge on any atom is 0.189 e. The minimum absolute atomic E-state index is 0.507. The van der Waals surface area contributed by atoms with Gasteiger partial charge in [-0.25, -0.2) is 0 Å². The Kier molecular flexibility index (Phi) is 5.89. The summed E-state index contributed by atoms with van der Waals surface area (Å²) in [7, 11) is 1.64. The van der Waals surface area contributed by atoms with Crippen LogP contribution in [0.2, 0.25) is 0 Å². The Hall–Kier alpha value is -1.73. The number of likely N-dealkylation sites (tertiary alicyclic amines) is 1. The van der Waals surface area contributed by atoms with E-state index in [-0.39, 0.29) is 0 Å². The summed E-state index contributed by atoms with van der Waals surface area (Å²) in [5.74, 6) is 0.747. The molecule has 7 heteroatoms. The zero-order valence-corrected chi connectivity index (χ0v) is 13.2. The summed E-state index contributed by atoms with van der Waals surface area (Å²) in [6.07, 6.45) is 2.89. The summed E-state index contributed by atoms with van der Waals surface area (Å²) in [5, 5.41) is 4.94. The summed E-state index contributed by atoms with van der Waals surface area (Å²) in [6.45, 7) is 4.94. The van der Waals surface area contributed by atoms with Gasteiger partial charge in [0.2, 0.25) is 0 Å². The third kappa shape index (κ3) is 4.64. The maximum absolute atomic E-state index is 5.55. The second kappa shape index (κ2) is 7.90. The monoisotopic (exact) mass is 308 g/mol. The van der Waals surface area contributed by atoms with Crippen LogP contribution in [-0.4, -0.2) is 54.1 Å². The average molecular weight is 308 g/mol. The number of hydrogen-bond acceptors (Lipinski definition) is 5. The number of methoxy groups -OCH3 is 1. The molecule has 0 bridgehead atoms. The first-order valence-electron chi connectivity index (χ1n) is 6.88. The first kappa shape index (κ1) is 15.7. The number of rotatable bonds is 6. The molecule has 2 rings (SSSR count). The fourth-order valence-corrected chi connectivity index (χ4v) is 1.95. The van der Waals surface area contributed by atoms with Gasteiger partial charge in [0.25, 0.3) is 0 Å². The van der Waals surface area contributed by atoms with Crippen LogP contribution in [0.25, 0.3) is 0 Å². The van der Waals surface area contributed by atoms with Crippen molar-refractivity contribution in [3.05, 3.63) is 24.0 Å². The molecule has 0 atom stereocenters. The molecular formula is C14H20N4O2S. The number of nitrogens with one attached hydrogen (secondary N) is 1. The Morgan fingerprint density at radius 1 is 1.48 bits per heavy atom. The largest absolute Gasteiger partial charge is 0.491 e. The molecule has 1 fully saturated rings. The molecule has 114 valence electrons. The van der Waals surface area contributed by atoms with Gasteiger partial charge in [-0.05, 0) is 31.6 Å². The highest BCUT2D eigenvalue weighted by Gasteiger charge is 2.16. The van der Waals surface area contributed by atoms with Gasteiger partial charge in [-0.2, -0.15) is 5.10 Å². The lowest BCUT2D eigenvalue weighted by Gasteiger charge is -2.32. The zero-order chi connectivity index (χ0) is 15.1. The first-order valence-corrected chi connectivity index (χ1v) is 7.29. The molecule has 2 heterocycles. The fraction of sp³-hybridized carbons (Fsp3) is 0.500. The molecule has 0 radical (unpaired) electrons. The Morgan fingerprint density at radius 2 is 2.29 bits per heavy atom. The van der Waals surface area contributed by atoms with E-state index in [2.05, 4.69) is 20.4 Å². The van der Waals surface area contributed by atoms with Crippen LogP contribution in [0.5, 0.6) is 5.75 Å². The van der Waals surface area contributed by atoms with Crippen LogP contribution in [0, 0.1) is 0 Å². The van der Waals surface area contributed by atoms with E-state index in [1.165, 1.54) is 6.42 Å². The van der Waals surface area contributed by atoms with E-state index < -0.39 is 0 Å². The predicted octanol–water partition coefficient (Wildman–Crippen LogP) is 1.41. The number of nitrogens with zero attached hydrogens (tertiary/aromatic N) is 3. The molecule has 0 spiro atoms. The topological polar surface area (TPSA) is 59.0 Å². The van der Waals surface area contributed by atoms with Crippen molar-refractivity contribution in [3.8, 4) is 5.75 Å². The van der Waals surface area contributed by atoms with Gasteiger partial charge in [-0.1, -0.05) is 0 Å². The second-order valence-corrected chi connectivity index (χ2v) is 5.06. The van der Waals surface area contributed by atoms with Crippen LogP contribution >= 0.6 is 12.2 Å². The number of ether oxygens (including phenoxy) is 2. The number of hydrazone groups is 1. The fourth-order valence-electron chi connectivity index (χ4n) is 1.72. The molecule has 1 N–H and O–H groups in total. The Labute approximate surface area is 130 Å². The minimum Gasteiger partial charge on any atom is -0.491 e. The molecule has 1 saturated heterocycles. The van der Waals surface area contributed by atoms with E-state index in [1.54, 1.807) is 13.3 Å². The molecule has 1 aromatic heterocycles. The summed E-state index contributed by atoms with van der Waals surface area (Å²) in [6, 6.07) is 3.66. The first-order chi connectivity index (χ1) is 10.2. The number of hydrogen-bond donors (Lipinski definition) is 1. The van der Waals surface area contributed by atoms with Crippen LogP contribution in [0.4, 0.5) is 0 Å². The van der Waals surface area contributed by atoms with Gasteiger partial charge in [0.05, 0.1) is 18.0 Å². The van der Waals surface area contributed by atoms with Crippen LogP contribution in [0.3, 0.4) is 0 Å². The minimum atomic E-state index is 0.507. The Morgan fingerprint density at radius 3 is 2.95 bits per heavy atom. The van der Waals surface area contributed by atoms with Gasteiger partial charge in [-0.3, -0.25) is 10.4 Å². The van der Waals surface area contributed by atoms with Crippen molar-refractivity contribution in [3.63, 3.8) is 0 Å². The Bertz CT molecular complexity index is 517. The van der Waals surface area contributed by atoms with Gasteiger partial charge in [0.15, 0.2) is 5.11 Å². The van der Waals surface area contributed by atoms with Crippen molar-refractivity contribution in [2.75, 3.05) is 33.4 Å². The quantitative estimate of drug-likeness (QED) is 0.371. The normalized spacial score (nSPS) is 14.6. The third-order valence-corrected chi connectivity index (χ3v) is 3.47. The molecule has 0 unspecified atom stereocenters. The van der Waals surface area contributed by atoms with E-state index in [0.717, 1.165) is 30.2 Å². The van der Waals surface area contributed by atoms with E-state index in [1.807, 2.05) is 19.1 Å². The average Bonchev–Trinajstić information content (AvgIpc) is 2.43. The van der Waals surface area contributed by atoms with Crippen molar-refractivity contribution in [1.29, 1.82) is 0 Å². The lowest BCUT2D eigenvalue weighted by molar-refractivity contribution is 0.146. The summed E-state index contributed by atoms with van der Waals surface area (Å²) in [4.78, 5) is 6.36. The predicted molar refractivity (Wildman–Crippen MR) is 85.7 cm³/mol. The highest BCUT2D eigenvalue weighted by Crippen LogP contribution is 2.11. The van der Waals surface area contributed by atoms with Crippen molar-refractivity contribution < 1.29 is 9.47 Å². The van der Waals surface area contributed by atoms with Gasteiger partial charge in [-0.15, -0.1) is 0 Å². The van der Waals surface area contributed by atoms with Crippen LogP contribution in [0.15, 0.2) is 23.4 Å². The summed E-state index contributed by atoms with van der Waals surface area (Å²) < 4.78 is 10.5. The molecular weight excluding hydrogens is 288 g/mol. The van der Waals surface area contributed by atoms with Gasteiger partial charge < -0.3 is 14.4 Å². The van der Waals surface area contributed by atoms with Crippen LogP contribution in [0.1, 0.15) is 19.0 Å². The molecule has 21 heavy (non-hydrogen) atoms. The molecule has 6 nitrogen and oxygen atoms in total. The van der Waals surface area contributed by atoms with Crippen molar-refractivity contribution in [2.24, 2.45) is 5.10 Å².